The number of hydrogen-bond acceptors (Lipinski definition) is 1. The van der Waals surface area contributed by atoms with Crippen LogP contribution in [0.3, 0.4) is 0 Å². The summed E-state index contributed by atoms with van der Waals surface area (Å²) in [7, 11) is 0. The minimum absolute atomic E-state index is 0.411. The molecular formula is C18H17N. The van der Waals surface area contributed by atoms with Crippen LogP contribution in [0.1, 0.15) is 30.5 Å². The normalized spacial score (nSPS) is 41.5. The lowest BCUT2D eigenvalue weighted by molar-refractivity contribution is 0.293. The van der Waals surface area contributed by atoms with Gasteiger partial charge in [0.1, 0.15) is 0 Å². The minimum atomic E-state index is 0.411. The van der Waals surface area contributed by atoms with Crippen LogP contribution in [0.5, 0.6) is 0 Å². The molecule has 0 amide bonds. The van der Waals surface area contributed by atoms with Gasteiger partial charge < -0.3 is 0 Å². The third-order valence-electron chi connectivity index (χ3n) is 6.04. The van der Waals surface area contributed by atoms with Gasteiger partial charge in [-0.25, -0.2) is 0 Å². The van der Waals surface area contributed by atoms with Crippen molar-refractivity contribution in [3.63, 3.8) is 0 Å². The average molecular weight is 247 g/mol. The van der Waals surface area contributed by atoms with E-state index in [2.05, 4.69) is 42.5 Å². The van der Waals surface area contributed by atoms with Gasteiger partial charge in [0.15, 0.2) is 0 Å². The van der Waals surface area contributed by atoms with Crippen molar-refractivity contribution in [3.8, 4) is 0 Å². The third kappa shape index (κ3) is 0.898. The molecule has 0 spiro atoms. The lowest BCUT2D eigenvalue weighted by Gasteiger charge is -2.28. The van der Waals surface area contributed by atoms with Crippen molar-refractivity contribution >= 4 is 0 Å². The molecule has 1 aromatic carbocycles. The zero-order chi connectivity index (χ0) is 12.5. The highest BCUT2D eigenvalue weighted by Crippen LogP contribution is 2.96. The van der Waals surface area contributed by atoms with Gasteiger partial charge in [-0.1, -0.05) is 42.8 Å². The van der Waals surface area contributed by atoms with Crippen molar-refractivity contribution < 1.29 is 0 Å². The van der Waals surface area contributed by atoms with Gasteiger partial charge in [0.2, 0.25) is 0 Å². The van der Waals surface area contributed by atoms with E-state index in [4.69, 9.17) is 4.98 Å². The Morgan fingerprint density at radius 2 is 1.58 bits per heavy atom. The van der Waals surface area contributed by atoms with E-state index >= 15 is 0 Å². The van der Waals surface area contributed by atoms with E-state index < -0.39 is 0 Å². The zero-order valence-corrected chi connectivity index (χ0v) is 10.9. The van der Waals surface area contributed by atoms with Crippen molar-refractivity contribution in [2.24, 2.45) is 11.8 Å². The standard InChI is InChI=1S/C18H17N/c1-2-7-13(8-3-1)17-14-9-6-10-15(17)18(14,17)16-11-4-5-12-19-16/h1-5,7-8,11-12,14-15H,6,9-10H2. The van der Waals surface area contributed by atoms with E-state index in [1.165, 1.54) is 25.0 Å². The first-order valence-electron chi connectivity index (χ1n) is 7.40. The first-order valence-corrected chi connectivity index (χ1v) is 7.40. The highest BCUT2D eigenvalue weighted by atomic mass is 15.0. The maximum Gasteiger partial charge on any atom is 0.0480 e. The highest BCUT2D eigenvalue weighted by Gasteiger charge is 2.98. The highest BCUT2D eigenvalue weighted by molar-refractivity contribution is 5.66. The van der Waals surface area contributed by atoms with Gasteiger partial charge in [0, 0.05) is 22.7 Å². The molecule has 0 aliphatic heterocycles. The quantitative estimate of drug-likeness (QED) is 0.788. The molecule has 1 heterocycles. The average Bonchev–Trinajstić information content (AvgIpc) is 3.36. The van der Waals surface area contributed by atoms with Crippen molar-refractivity contribution in [3.05, 3.63) is 66.0 Å². The molecule has 0 radical (unpaired) electrons. The molecule has 3 fully saturated rings. The SMILES string of the molecule is c1ccc(C23C4CCCC2C43c2ccccn2)cc1. The summed E-state index contributed by atoms with van der Waals surface area (Å²) in [6.07, 6.45) is 6.16. The van der Waals surface area contributed by atoms with Crippen LogP contribution >= 0.6 is 0 Å². The van der Waals surface area contributed by atoms with Gasteiger partial charge in [0.05, 0.1) is 0 Å². The molecule has 2 unspecified atom stereocenters. The second kappa shape index (κ2) is 3.09. The molecule has 0 bridgehead atoms. The number of rotatable bonds is 2. The molecule has 3 aliphatic carbocycles. The molecule has 1 nitrogen and oxygen atoms in total. The number of nitrogens with zero attached hydrogens (tertiary/aromatic N) is 1. The largest absolute Gasteiger partial charge is 0.261 e. The van der Waals surface area contributed by atoms with Crippen LogP contribution in [0.25, 0.3) is 0 Å². The number of aromatic nitrogens is 1. The predicted octanol–water partition coefficient (Wildman–Crippen LogP) is 3.70. The lowest BCUT2D eigenvalue weighted by atomic mass is 9.76. The Hall–Kier alpha value is -1.63. The molecular weight excluding hydrogens is 230 g/mol. The number of fused-ring (bicyclic) bond motifs is 2. The molecule has 2 atom stereocenters. The van der Waals surface area contributed by atoms with Crippen LogP contribution in [0.4, 0.5) is 0 Å². The van der Waals surface area contributed by atoms with Crippen LogP contribution in [0, 0.1) is 11.8 Å². The molecule has 1 aromatic heterocycles. The van der Waals surface area contributed by atoms with Crippen LogP contribution in [-0.2, 0) is 10.8 Å². The molecule has 19 heavy (non-hydrogen) atoms. The summed E-state index contributed by atoms with van der Waals surface area (Å²) in [6.45, 7) is 0. The van der Waals surface area contributed by atoms with Crippen molar-refractivity contribution in [2.45, 2.75) is 30.1 Å². The summed E-state index contributed by atoms with van der Waals surface area (Å²) in [6, 6.07) is 17.6. The molecule has 0 N–H and O–H groups in total. The topological polar surface area (TPSA) is 12.9 Å². The van der Waals surface area contributed by atoms with Gasteiger partial charge >= 0.3 is 0 Å². The zero-order valence-electron chi connectivity index (χ0n) is 10.9. The van der Waals surface area contributed by atoms with Gasteiger partial charge in [-0.05, 0) is 42.4 Å². The molecule has 5 rings (SSSR count). The molecule has 3 aliphatic rings. The summed E-state index contributed by atoms with van der Waals surface area (Å²) in [5.41, 5.74) is 3.79. The fourth-order valence-electron chi connectivity index (χ4n) is 5.56. The Balaban J connectivity index is 1.67. The van der Waals surface area contributed by atoms with Gasteiger partial charge in [-0.2, -0.15) is 0 Å². The van der Waals surface area contributed by atoms with Gasteiger partial charge in [0.25, 0.3) is 0 Å². The first kappa shape index (κ1) is 10.2. The first-order chi connectivity index (χ1) is 9.43. The monoisotopic (exact) mass is 247 g/mol. The Morgan fingerprint density at radius 1 is 0.842 bits per heavy atom. The van der Waals surface area contributed by atoms with Crippen molar-refractivity contribution in [1.82, 2.24) is 4.98 Å². The van der Waals surface area contributed by atoms with E-state index in [1.54, 1.807) is 5.56 Å². The van der Waals surface area contributed by atoms with E-state index in [0.29, 0.717) is 10.8 Å². The molecule has 94 valence electrons. The summed E-state index contributed by atoms with van der Waals surface area (Å²) in [5, 5.41) is 0. The molecule has 2 aromatic rings. The Kier molecular flexibility index (Phi) is 1.66. The summed E-state index contributed by atoms with van der Waals surface area (Å²) >= 11 is 0. The number of hydrogen-bond donors (Lipinski definition) is 0. The Morgan fingerprint density at radius 3 is 2.26 bits per heavy atom. The Labute approximate surface area is 113 Å². The van der Waals surface area contributed by atoms with Crippen LogP contribution in [0.15, 0.2) is 54.7 Å². The van der Waals surface area contributed by atoms with Crippen LogP contribution in [-0.4, -0.2) is 4.98 Å². The van der Waals surface area contributed by atoms with Crippen molar-refractivity contribution in [2.75, 3.05) is 0 Å². The second-order valence-corrected chi connectivity index (χ2v) is 6.36. The summed E-state index contributed by atoms with van der Waals surface area (Å²) in [4.78, 5) is 4.71. The molecule has 3 saturated carbocycles. The minimum Gasteiger partial charge on any atom is -0.261 e. The maximum atomic E-state index is 4.71. The molecule has 1 heteroatoms. The van der Waals surface area contributed by atoms with E-state index in [9.17, 15) is 0 Å². The van der Waals surface area contributed by atoms with Gasteiger partial charge in [-0.3, -0.25) is 4.98 Å². The van der Waals surface area contributed by atoms with Crippen LogP contribution < -0.4 is 0 Å². The lowest BCUT2D eigenvalue weighted by Crippen LogP contribution is -2.23. The second-order valence-electron chi connectivity index (χ2n) is 6.36. The third-order valence-corrected chi connectivity index (χ3v) is 6.04. The summed E-state index contributed by atoms with van der Waals surface area (Å²) < 4.78 is 0. The predicted molar refractivity (Wildman–Crippen MR) is 74.9 cm³/mol. The Bertz CT molecular complexity index is 566. The van der Waals surface area contributed by atoms with Crippen LogP contribution in [0.2, 0.25) is 0 Å². The number of benzene rings is 1. The van der Waals surface area contributed by atoms with E-state index in [0.717, 1.165) is 11.8 Å². The fraction of sp³-hybridized carbons (Fsp3) is 0.389. The van der Waals surface area contributed by atoms with Gasteiger partial charge in [-0.15, -0.1) is 0 Å². The fourth-order valence-corrected chi connectivity index (χ4v) is 5.56. The smallest absolute Gasteiger partial charge is 0.0480 e. The molecule has 0 saturated heterocycles. The number of pyridine rings is 1. The van der Waals surface area contributed by atoms with Crippen molar-refractivity contribution in [1.29, 1.82) is 0 Å². The summed E-state index contributed by atoms with van der Waals surface area (Å²) in [5.74, 6) is 1.71. The van der Waals surface area contributed by atoms with E-state index in [-0.39, 0.29) is 0 Å². The van der Waals surface area contributed by atoms with E-state index in [1.807, 2.05) is 12.3 Å². The maximum absolute atomic E-state index is 4.71.